The lowest BCUT2D eigenvalue weighted by atomic mass is 10.2. The summed E-state index contributed by atoms with van der Waals surface area (Å²) in [6.45, 7) is 7.49. The van der Waals surface area contributed by atoms with Crippen molar-refractivity contribution in [2.75, 3.05) is 30.9 Å². The standard InChI is InChI=1S/C14H26N4/c1-6-8-10-18(5)14-11(3)13(15-4)16-12(17-14)9-7-2/h6-10H2,1-5H3,(H,15,16,17). The van der Waals surface area contributed by atoms with Crippen LogP contribution in [-0.4, -0.2) is 30.6 Å². The van der Waals surface area contributed by atoms with Crippen LogP contribution in [0.1, 0.15) is 44.5 Å². The summed E-state index contributed by atoms with van der Waals surface area (Å²) in [5.41, 5.74) is 1.14. The lowest BCUT2D eigenvalue weighted by Crippen LogP contribution is -2.22. The fourth-order valence-electron chi connectivity index (χ4n) is 2.00. The molecule has 0 fully saturated rings. The summed E-state index contributed by atoms with van der Waals surface area (Å²) in [6, 6.07) is 0. The van der Waals surface area contributed by atoms with E-state index in [-0.39, 0.29) is 0 Å². The minimum absolute atomic E-state index is 0.934. The van der Waals surface area contributed by atoms with Crippen molar-refractivity contribution in [3.05, 3.63) is 11.4 Å². The van der Waals surface area contributed by atoms with Crippen LogP contribution in [0, 0.1) is 6.92 Å². The highest BCUT2D eigenvalue weighted by atomic mass is 15.2. The van der Waals surface area contributed by atoms with Gasteiger partial charge in [0.25, 0.3) is 0 Å². The van der Waals surface area contributed by atoms with Crippen LogP contribution < -0.4 is 10.2 Å². The Hall–Kier alpha value is -1.32. The number of unbranched alkanes of at least 4 members (excludes halogenated alkanes) is 1. The van der Waals surface area contributed by atoms with Crippen LogP contribution in [0.5, 0.6) is 0 Å². The van der Waals surface area contributed by atoms with E-state index in [1.807, 2.05) is 7.05 Å². The number of hydrogen-bond acceptors (Lipinski definition) is 4. The number of aromatic nitrogens is 2. The summed E-state index contributed by atoms with van der Waals surface area (Å²) in [5.74, 6) is 2.95. The summed E-state index contributed by atoms with van der Waals surface area (Å²) in [4.78, 5) is 11.5. The van der Waals surface area contributed by atoms with E-state index in [4.69, 9.17) is 4.98 Å². The van der Waals surface area contributed by atoms with Gasteiger partial charge in [-0.15, -0.1) is 0 Å². The highest BCUT2D eigenvalue weighted by Gasteiger charge is 2.12. The molecule has 0 radical (unpaired) electrons. The maximum atomic E-state index is 4.70. The van der Waals surface area contributed by atoms with Crippen molar-refractivity contribution in [1.29, 1.82) is 0 Å². The molecule has 1 heterocycles. The van der Waals surface area contributed by atoms with Crippen molar-refractivity contribution in [3.63, 3.8) is 0 Å². The van der Waals surface area contributed by atoms with Crippen molar-refractivity contribution >= 4 is 11.6 Å². The first kappa shape index (κ1) is 14.7. The van der Waals surface area contributed by atoms with Crippen LogP contribution in [0.3, 0.4) is 0 Å². The van der Waals surface area contributed by atoms with Crippen LogP contribution in [0.4, 0.5) is 11.6 Å². The Morgan fingerprint density at radius 2 is 1.89 bits per heavy atom. The van der Waals surface area contributed by atoms with Crippen LogP contribution in [0.25, 0.3) is 0 Å². The van der Waals surface area contributed by atoms with Crippen molar-refractivity contribution in [2.24, 2.45) is 0 Å². The van der Waals surface area contributed by atoms with E-state index in [1.54, 1.807) is 0 Å². The molecule has 0 bridgehead atoms. The van der Waals surface area contributed by atoms with Crippen LogP contribution in [0.2, 0.25) is 0 Å². The average molecular weight is 250 g/mol. The van der Waals surface area contributed by atoms with Gasteiger partial charge in [-0.2, -0.15) is 0 Å². The normalized spacial score (nSPS) is 10.5. The second-order valence-corrected chi connectivity index (χ2v) is 4.71. The zero-order valence-corrected chi connectivity index (χ0v) is 12.4. The van der Waals surface area contributed by atoms with Gasteiger partial charge in [0.1, 0.15) is 17.5 Å². The highest BCUT2D eigenvalue weighted by Crippen LogP contribution is 2.23. The lowest BCUT2D eigenvalue weighted by molar-refractivity contribution is 0.747. The molecule has 102 valence electrons. The Kier molecular flexibility index (Phi) is 5.89. The molecule has 0 amide bonds. The monoisotopic (exact) mass is 250 g/mol. The Balaban J connectivity index is 3.03. The fourth-order valence-corrected chi connectivity index (χ4v) is 2.00. The molecule has 0 aromatic carbocycles. The van der Waals surface area contributed by atoms with E-state index < -0.39 is 0 Å². The summed E-state index contributed by atoms with van der Waals surface area (Å²) >= 11 is 0. The minimum atomic E-state index is 0.934. The first-order chi connectivity index (χ1) is 8.63. The molecule has 0 spiro atoms. The zero-order valence-electron chi connectivity index (χ0n) is 12.4. The van der Waals surface area contributed by atoms with Crippen molar-refractivity contribution in [1.82, 2.24) is 9.97 Å². The molecule has 1 rings (SSSR count). The number of hydrogen-bond donors (Lipinski definition) is 1. The fraction of sp³-hybridized carbons (Fsp3) is 0.714. The Morgan fingerprint density at radius 1 is 1.17 bits per heavy atom. The largest absolute Gasteiger partial charge is 0.373 e. The topological polar surface area (TPSA) is 41.1 Å². The summed E-state index contributed by atoms with van der Waals surface area (Å²) in [6.07, 6.45) is 4.40. The molecule has 0 aliphatic carbocycles. The SMILES string of the molecule is CCCCN(C)c1nc(CCC)nc(NC)c1C. The van der Waals surface area contributed by atoms with E-state index >= 15 is 0 Å². The third-order valence-corrected chi connectivity index (χ3v) is 3.09. The quantitative estimate of drug-likeness (QED) is 0.807. The molecule has 0 aliphatic rings. The first-order valence-corrected chi connectivity index (χ1v) is 6.90. The molecule has 4 nitrogen and oxygen atoms in total. The Labute approximate surface area is 111 Å². The van der Waals surface area contributed by atoms with Crippen LogP contribution in [0.15, 0.2) is 0 Å². The molecular weight excluding hydrogens is 224 g/mol. The van der Waals surface area contributed by atoms with E-state index in [0.717, 1.165) is 42.4 Å². The van der Waals surface area contributed by atoms with Crippen molar-refractivity contribution < 1.29 is 0 Å². The first-order valence-electron chi connectivity index (χ1n) is 6.90. The molecule has 0 unspecified atom stereocenters. The van der Waals surface area contributed by atoms with Gasteiger partial charge in [0, 0.05) is 32.6 Å². The van der Waals surface area contributed by atoms with Crippen molar-refractivity contribution in [2.45, 2.75) is 46.5 Å². The third kappa shape index (κ3) is 3.59. The zero-order chi connectivity index (χ0) is 13.5. The molecule has 0 saturated carbocycles. The Morgan fingerprint density at radius 3 is 2.44 bits per heavy atom. The molecule has 18 heavy (non-hydrogen) atoms. The maximum absolute atomic E-state index is 4.70. The summed E-state index contributed by atoms with van der Waals surface area (Å²) in [7, 11) is 4.03. The molecule has 1 aromatic heterocycles. The van der Waals surface area contributed by atoms with Gasteiger partial charge < -0.3 is 10.2 Å². The number of nitrogens with one attached hydrogen (secondary N) is 1. The van der Waals surface area contributed by atoms with Gasteiger partial charge in [-0.3, -0.25) is 0 Å². The molecule has 0 saturated heterocycles. The van der Waals surface area contributed by atoms with E-state index in [2.05, 4.69) is 43.0 Å². The predicted molar refractivity (Wildman–Crippen MR) is 78.5 cm³/mol. The smallest absolute Gasteiger partial charge is 0.137 e. The highest BCUT2D eigenvalue weighted by molar-refractivity contribution is 5.58. The maximum Gasteiger partial charge on any atom is 0.137 e. The molecule has 4 heteroatoms. The number of nitrogens with zero attached hydrogens (tertiary/aromatic N) is 3. The van der Waals surface area contributed by atoms with Gasteiger partial charge in [0.15, 0.2) is 0 Å². The number of anilines is 2. The molecular formula is C14H26N4. The second kappa shape index (κ2) is 7.19. The molecule has 1 aromatic rings. The molecule has 1 N–H and O–H groups in total. The number of aryl methyl sites for hydroxylation is 1. The number of rotatable bonds is 7. The van der Waals surface area contributed by atoms with E-state index in [9.17, 15) is 0 Å². The van der Waals surface area contributed by atoms with Gasteiger partial charge in [0.2, 0.25) is 0 Å². The summed E-state index contributed by atoms with van der Waals surface area (Å²) in [5, 5.41) is 3.17. The Bertz CT molecular complexity index is 376. The van der Waals surface area contributed by atoms with Gasteiger partial charge >= 0.3 is 0 Å². The van der Waals surface area contributed by atoms with E-state index in [0.29, 0.717) is 0 Å². The van der Waals surface area contributed by atoms with Crippen molar-refractivity contribution in [3.8, 4) is 0 Å². The average Bonchev–Trinajstić information content (AvgIpc) is 2.38. The van der Waals surface area contributed by atoms with Gasteiger partial charge in [-0.05, 0) is 19.8 Å². The third-order valence-electron chi connectivity index (χ3n) is 3.09. The molecule has 0 aliphatic heterocycles. The van der Waals surface area contributed by atoms with Gasteiger partial charge in [0.05, 0.1) is 0 Å². The molecule has 0 atom stereocenters. The second-order valence-electron chi connectivity index (χ2n) is 4.71. The van der Waals surface area contributed by atoms with Crippen LogP contribution >= 0.6 is 0 Å². The van der Waals surface area contributed by atoms with Crippen LogP contribution in [-0.2, 0) is 6.42 Å². The lowest BCUT2D eigenvalue weighted by Gasteiger charge is -2.22. The van der Waals surface area contributed by atoms with Gasteiger partial charge in [-0.25, -0.2) is 9.97 Å². The predicted octanol–water partition coefficient (Wildman–Crippen LogP) is 3.02. The summed E-state index contributed by atoms with van der Waals surface area (Å²) < 4.78 is 0. The minimum Gasteiger partial charge on any atom is -0.373 e. The van der Waals surface area contributed by atoms with E-state index in [1.165, 1.54) is 12.8 Å². The van der Waals surface area contributed by atoms with Gasteiger partial charge in [-0.1, -0.05) is 20.3 Å².